The van der Waals surface area contributed by atoms with Crippen molar-refractivity contribution in [2.75, 3.05) is 13.2 Å². The third kappa shape index (κ3) is 4.45. The summed E-state index contributed by atoms with van der Waals surface area (Å²) in [6, 6.07) is 15.3. The summed E-state index contributed by atoms with van der Waals surface area (Å²) in [6.07, 6.45) is -7.25. The van der Waals surface area contributed by atoms with Gasteiger partial charge in [-0.25, -0.2) is 8.78 Å². The minimum absolute atomic E-state index is 0.187. The van der Waals surface area contributed by atoms with E-state index in [1.54, 1.807) is 23.5 Å². The van der Waals surface area contributed by atoms with Crippen molar-refractivity contribution in [3.63, 3.8) is 0 Å². The van der Waals surface area contributed by atoms with E-state index in [9.17, 15) is 24.1 Å². The van der Waals surface area contributed by atoms with Crippen LogP contribution in [0.2, 0.25) is 0 Å². The van der Waals surface area contributed by atoms with Crippen LogP contribution in [-0.2, 0) is 11.2 Å². The van der Waals surface area contributed by atoms with E-state index in [4.69, 9.17) is 14.7 Å². The molecule has 3 N–H and O–H groups in total. The molecule has 33 heavy (non-hydrogen) atoms. The standard InChI is InChI=1S/C24H23F2NO5S/c1-13-8-18(31-7-6-27)17(22-21(29)23(30)24(25,26)20(12-28)32-22)11-15(13)10-16-9-14-4-2-3-5-19(14)33-16/h2-5,8-9,11,20-23,28-30H,7,10,12H2,1H3/t20-,21+,22+,23-/m1/s1. The first kappa shape index (κ1) is 23.5. The molecule has 0 aliphatic carbocycles. The Bertz CT molecular complexity index is 1150. The van der Waals surface area contributed by atoms with Gasteiger partial charge in [0.2, 0.25) is 0 Å². The van der Waals surface area contributed by atoms with E-state index < -0.39 is 36.9 Å². The van der Waals surface area contributed by atoms with E-state index in [2.05, 4.69) is 6.07 Å². The van der Waals surface area contributed by atoms with Crippen molar-refractivity contribution < 1.29 is 33.6 Å². The molecule has 1 aromatic heterocycles. The number of nitrogens with zero attached hydrogens (tertiary/aromatic N) is 1. The summed E-state index contributed by atoms with van der Waals surface area (Å²) in [5.41, 5.74) is 1.93. The van der Waals surface area contributed by atoms with E-state index in [-0.39, 0.29) is 17.9 Å². The van der Waals surface area contributed by atoms with Crippen LogP contribution in [-0.4, -0.2) is 52.8 Å². The van der Waals surface area contributed by atoms with Crippen LogP contribution < -0.4 is 4.74 Å². The number of thiophene rings is 1. The number of aliphatic hydroxyl groups is 3. The van der Waals surface area contributed by atoms with E-state index in [1.165, 1.54) is 0 Å². The fourth-order valence-corrected chi connectivity index (χ4v) is 5.15. The Labute approximate surface area is 193 Å². The highest BCUT2D eigenvalue weighted by atomic mass is 32.1. The number of alkyl halides is 2. The monoisotopic (exact) mass is 475 g/mol. The number of hydrogen-bond donors (Lipinski definition) is 3. The molecule has 9 heteroatoms. The van der Waals surface area contributed by atoms with Crippen LogP contribution in [0.1, 0.15) is 27.7 Å². The minimum Gasteiger partial charge on any atom is -0.478 e. The molecule has 4 rings (SSSR count). The Morgan fingerprint density at radius 3 is 2.67 bits per heavy atom. The lowest BCUT2D eigenvalue weighted by Crippen LogP contribution is -2.59. The smallest absolute Gasteiger partial charge is 0.303 e. The number of rotatable bonds is 6. The molecule has 0 amide bonds. The second-order valence-electron chi connectivity index (χ2n) is 8.03. The molecule has 0 unspecified atom stereocenters. The predicted octanol–water partition coefficient (Wildman–Crippen LogP) is 3.49. The van der Waals surface area contributed by atoms with Gasteiger partial charge < -0.3 is 24.8 Å². The summed E-state index contributed by atoms with van der Waals surface area (Å²) in [5, 5.41) is 40.0. The molecule has 1 saturated heterocycles. The lowest BCUT2D eigenvalue weighted by Gasteiger charge is -2.42. The Morgan fingerprint density at radius 2 is 1.97 bits per heavy atom. The molecule has 0 spiro atoms. The summed E-state index contributed by atoms with van der Waals surface area (Å²) in [5.74, 6) is -3.64. The van der Waals surface area contributed by atoms with Crippen molar-refractivity contribution in [2.45, 2.75) is 43.7 Å². The molecule has 174 valence electrons. The topological polar surface area (TPSA) is 103 Å². The fourth-order valence-electron chi connectivity index (χ4n) is 4.06. The predicted molar refractivity (Wildman–Crippen MR) is 119 cm³/mol. The normalized spacial score (nSPS) is 24.5. The van der Waals surface area contributed by atoms with Crippen LogP contribution in [0.25, 0.3) is 10.1 Å². The molecule has 0 saturated carbocycles. The maximum atomic E-state index is 14.3. The van der Waals surface area contributed by atoms with Crippen LogP contribution in [0.5, 0.6) is 5.75 Å². The third-order valence-electron chi connectivity index (χ3n) is 5.84. The van der Waals surface area contributed by atoms with Gasteiger partial charge in [0.15, 0.2) is 6.61 Å². The van der Waals surface area contributed by atoms with Crippen LogP contribution in [0.15, 0.2) is 42.5 Å². The number of aliphatic hydroxyl groups excluding tert-OH is 3. The number of nitriles is 1. The molecule has 2 aromatic carbocycles. The number of fused-ring (bicyclic) bond motifs is 1. The van der Waals surface area contributed by atoms with Crippen molar-refractivity contribution in [3.05, 3.63) is 64.0 Å². The first-order valence-corrected chi connectivity index (χ1v) is 11.2. The first-order chi connectivity index (χ1) is 15.8. The van der Waals surface area contributed by atoms with Gasteiger partial charge in [-0.2, -0.15) is 5.26 Å². The Kier molecular flexibility index (Phi) is 6.66. The van der Waals surface area contributed by atoms with Crippen molar-refractivity contribution in [1.82, 2.24) is 0 Å². The molecule has 6 nitrogen and oxygen atoms in total. The van der Waals surface area contributed by atoms with Gasteiger partial charge in [-0.05, 0) is 47.7 Å². The van der Waals surface area contributed by atoms with E-state index in [0.717, 1.165) is 26.1 Å². The minimum atomic E-state index is -3.83. The number of halogens is 2. The van der Waals surface area contributed by atoms with Crippen LogP contribution in [0.4, 0.5) is 8.78 Å². The fraction of sp³-hybridized carbons (Fsp3) is 0.375. The maximum Gasteiger partial charge on any atom is 0.303 e. The van der Waals surface area contributed by atoms with Crippen LogP contribution in [0.3, 0.4) is 0 Å². The Hall–Kier alpha value is -2.61. The van der Waals surface area contributed by atoms with Gasteiger partial charge in [0.25, 0.3) is 0 Å². The molecule has 1 aliphatic heterocycles. The van der Waals surface area contributed by atoms with Crippen LogP contribution in [0, 0.1) is 18.3 Å². The second-order valence-corrected chi connectivity index (χ2v) is 9.20. The van der Waals surface area contributed by atoms with Gasteiger partial charge in [0, 0.05) is 21.6 Å². The van der Waals surface area contributed by atoms with Crippen molar-refractivity contribution in [3.8, 4) is 11.8 Å². The molecule has 3 aromatic rings. The highest BCUT2D eigenvalue weighted by molar-refractivity contribution is 7.19. The molecule has 1 aliphatic rings. The average Bonchev–Trinajstić information content (AvgIpc) is 3.20. The largest absolute Gasteiger partial charge is 0.478 e. The van der Waals surface area contributed by atoms with Gasteiger partial charge in [-0.15, -0.1) is 11.3 Å². The van der Waals surface area contributed by atoms with E-state index >= 15 is 0 Å². The highest BCUT2D eigenvalue weighted by Crippen LogP contribution is 2.44. The molecule has 2 heterocycles. The lowest BCUT2D eigenvalue weighted by molar-refractivity contribution is -0.296. The zero-order valence-corrected chi connectivity index (χ0v) is 18.6. The third-order valence-corrected chi connectivity index (χ3v) is 6.96. The molecular weight excluding hydrogens is 452 g/mol. The molecule has 0 bridgehead atoms. The SMILES string of the molecule is Cc1cc(OCC#N)c([C@@H]2O[C@H](CO)C(F)(F)[C@H](O)[C@H]2O)cc1Cc1cc2ccccc2s1. The van der Waals surface area contributed by atoms with E-state index in [1.807, 2.05) is 37.3 Å². The summed E-state index contributed by atoms with van der Waals surface area (Å²) in [6.45, 7) is 0.526. The number of aryl methyl sites for hydroxylation is 1. The summed E-state index contributed by atoms with van der Waals surface area (Å²) in [7, 11) is 0. The van der Waals surface area contributed by atoms with Crippen molar-refractivity contribution in [1.29, 1.82) is 5.26 Å². The summed E-state index contributed by atoms with van der Waals surface area (Å²) < 4.78 is 40.5. The number of ether oxygens (including phenoxy) is 2. The van der Waals surface area contributed by atoms with Gasteiger partial charge in [-0.1, -0.05) is 18.2 Å². The first-order valence-electron chi connectivity index (χ1n) is 10.4. The number of hydrogen-bond acceptors (Lipinski definition) is 7. The molecule has 1 fully saturated rings. The average molecular weight is 476 g/mol. The number of benzene rings is 2. The Balaban J connectivity index is 1.74. The molecule has 0 radical (unpaired) electrons. The van der Waals surface area contributed by atoms with Gasteiger partial charge in [0.05, 0.1) is 6.61 Å². The van der Waals surface area contributed by atoms with Gasteiger partial charge in [0.1, 0.15) is 36.2 Å². The summed E-state index contributed by atoms with van der Waals surface area (Å²) >= 11 is 1.64. The summed E-state index contributed by atoms with van der Waals surface area (Å²) in [4.78, 5) is 1.08. The highest BCUT2D eigenvalue weighted by Gasteiger charge is 2.57. The van der Waals surface area contributed by atoms with Gasteiger partial charge >= 0.3 is 5.92 Å². The van der Waals surface area contributed by atoms with E-state index in [0.29, 0.717) is 6.42 Å². The Morgan fingerprint density at radius 1 is 1.21 bits per heavy atom. The van der Waals surface area contributed by atoms with Crippen LogP contribution >= 0.6 is 11.3 Å². The lowest BCUT2D eigenvalue weighted by atomic mass is 9.88. The van der Waals surface area contributed by atoms with Gasteiger partial charge in [-0.3, -0.25) is 0 Å². The zero-order chi connectivity index (χ0) is 23.8. The van der Waals surface area contributed by atoms with Crippen molar-refractivity contribution >= 4 is 21.4 Å². The van der Waals surface area contributed by atoms with Crippen molar-refractivity contribution in [2.24, 2.45) is 0 Å². The quantitative estimate of drug-likeness (QED) is 0.504. The zero-order valence-electron chi connectivity index (χ0n) is 17.7. The second kappa shape index (κ2) is 9.33. The molecule has 4 atom stereocenters. The molecular formula is C24H23F2NO5S. The maximum absolute atomic E-state index is 14.3.